The Morgan fingerprint density at radius 3 is 2.77 bits per heavy atom. The molecule has 1 saturated heterocycles. The van der Waals surface area contributed by atoms with Gasteiger partial charge in [0.15, 0.2) is 0 Å². The molecule has 0 radical (unpaired) electrons. The fourth-order valence-electron chi connectivity index (χ4n) is 3.74. The predicted molar refractivity (Wildman–Crippen MR) is 82.9 cm³/mol. The van der Waals surface area contributed by atoms with Crippen LogP contribution in [0, 0.1) is 6.92 Å². The molecule has 5 nitrogen and oxygen atoms in total. The lowest BCUT2D eigenvalue weighted by atomic mass is 9.86. The highest BCUT2D eigenvalue weighted by Crippen LogP contribution is 2.44. The summed E-state index contributed by atoms with van der Waals surface area (Å²) in [7, 11) is -3.47. The quantitative estimate of drug-likeness (QED) is 0.925. The normalized spacial score (nSPS) is 25.0. The second kappa shape index (κ2) is 4.93. The number of benzene rings is 1. The summed E-state index contributed by atoms with van der Waals surface area (Å²) < 4.78 is 28.0. The van der Waals surface area contributed by atoms with Gasteiger partial charge in [0.2, 0.25) is 10.0 Å². The molecule has 2 unspecified atom stereocenters. The molecule has 2 aliphatic heterocycles. The molecule has 6 heteroatoms. The van der Waals surface area contributed by atoms with Crippen molar-refractivity contribution < 1.29 is 8.42 Å². The lowest BCUT2D eigenvalue weighted by molar-refractivity contribution is 0.162. The van der Waals surface area contributed by atoms with Gasteiger partial charge in [0.25, 0.3) is 0 Å². The van der Waals surface area contributed by atoms with Crippen LogP contribution in [0.2, 0.25) is 0 Å². The zero-order valence-electron chi connectivity index (χ0n) is 12.5. The van der Waals surface area contributed by atoms with Gasteiger partial charge in [-0.05, 0) is 38.3 Å². The molecular formula is C16H19N3O2S. The van der Waals surface area contributed by atoms with Gasteiger partial charge in [0, 0.05) is 23.7 Å². The molecule has 116 valence electrons. The van der Waals surface area contributed by atoms with Gasteiger partial charge in [0.05, 0.1) is 17.1 Å². The molecule has 0 spiro atoms. The zero-order chi connectivity index (χ0) is 15.3. The Kier molecular flexibility index (Phi) is 3.13. The van der Waals surface area contributed by atoms with E-state index in [9.17, 15) is 8.42 Å². The van der Waals surface area contributed by atoms with E-state index >= 15 is 0 Å². The summed E-state index contributed by atoms with van der Waals surface area (Å²) in [5.41, 5.74) is 3.21. The van der Waals surface area contributed by atoms with E-state index in [1.807, 2.05) is 19.1 Å². The van der Waals surface area contributed by atoms with Crippen LogP contribution in [0.25, 0.3) is 0 Å². The summed E-state index contributed by atoms with van der Waals surface area (Å²) in [6.07, 6.45) is 5.38. The highest BCUT2D eigenvalue weighted by molar-refractivity contribution is 7.89. The molecule has 2 aromatic rings. The Bertz CT molecular complexity index is 795. The first-order valence-corrected chi connectivity index (χ1v) is 9.14. The maximum absolute atomic E-state index is 13.1. The van der Waals surface area contributed by atoms with Gasteiger partial charge in [-0.2, -0.15) is 9.40 Å². The zero-order valence-corrected chi connectivity index (χ0v) is 13.3. The molecule has 22 heavy (non-hydrogen) atoms. The number of nitrogens with one attached hydrogen (secondary N) is 1. The fourth-order valence-corrected chi connectivity index (χ4v) is 5.59. The van der Waals surface area contributed by atoms with Crippen molar-refractivity contribution in [3.05, 3.63) is 47.3 Å². The Hall–Kier alpha value is -1.66. The number of hydrogen-bond donors (Lipinski definition) is 1. The van der Waals surface area contributed by atoms with Gasteiger partial charge < -0.3 is 0 Å². The molecular weight excluding hydrogens is 298 g/mol. The third-order valence-electron chi connectivity index (χ3n) is 4.83. The third kappa shape index (κ3) is 2.01. The van der Waals surface area contributed by atoms with Gasteiger partial charge in [-0.15, -0.1) is 0 Å². The van der Waals surface area contributed by atoms with E-state index in [1.165, 1.54) is 0 Å². The number of rotatable bonds is 2. The minimum atomic E-state index is -3.47. The number of piperidine rings is 1. The Balaban J connectivity index is 1.80. The highest BCUT2D eigenvalue weighted by Gasteiger charge is 2.45. The molecule has 2 bridgehead atoms. The number of aromatic nitrogens is 2. The van der Waals surface area contributed by atoms with Gasteiger partial charge >= 0.3 is 0 Å². The van der Waals surface area contributed by atoms with Crippen molar-refractivity contribution in [3.8, 4) is 0 Å². The monoisotopic (exact) mass is 317 g/mol. The van der Waals surface area contributed by atoms with Crippen molar-refractivity contribution in [2.45, 2.75) is 49.6 Å². The van der Waals surface area contributed by atoms with Crippen LogP contribution in [0.5, 0.6) is 0 Å². The lowest BCUT2D eigenvalue weighted by Gasteiger charge is -2.44. The molecule has 4 rings (SSSR count). The van der Waals surface area contributed by atoms with Crippen LogP contribution in [0.3, 0.4) is 0 Å². The summed E-state index contributed by atoms with van der Waals surface area (Å²) >= 11 is 0. The SMILES string of the molecule is Cc1ccc(S(=O)(=O)N2C3CCCC2c2cn[nH]c2C3)cc1. The number of sulfonamides is 1. The standard InChI is InChI=1S/C16H19N3O2S/c1-11-5-7-13(8-6-11)22(20,21)19-12-3-2-4-16(19)14-10-17-18-15(14)9-12/h5-8,10,12,16H,2-4,9H2,1H3,(H,17,18). The number of aromatic amines is 1. The highest BCUT2D eigenvalue weighted by atomic mass is 32.2. The molecule has 0 aliphatic carbocycles. The first kappa shape index (κ1) is 14.0. The van der Waals surface area contributed by atoms with E-state index in [0.29, 0.717) is 4.90 Å². The second-order valence-corrected chi connectivity index (χ2v) is 8.10. The minimum absolute atomic E-state index is 0.0398. The van der Waals surface area contributed by atoms with Crippen molar-refractivity contribution in [1.29, 1.82) is 0 Å². The summed E-state index contributed by atoms with van der Waals surface area (Å²) in [6.45, 7) is 1.96. The fraction of sp³-hybridized carbons (Fsp3) is 0.438. The summed E-state index contributed by atoms with van der Waals surface area (Å²) in [5.74, 6) is 0. The Morgan fingerprint density at radius 1 is 1.23 bits per heavy atom. The van der Waals surface area contributed by atoms with E-state index < -0.39 is 10.0 Å². The third-order valence-corrected chi connectivity index (χ3v) is 6.80. The maximum Gasteiger partial charge on any atom is 0.243 e. The van der Waals surface area contributed by atoms with Crippen LogP contribution in [-0.2, 0) is 16.4 Å². The van der Waals surface area contributed by atoms with Crippen LogP contribution in [0.15, 0.2) is 35.4 Å². The number of hydrogen-bond acceptors (Lipinski definition) is 3. The summed E-state index contributed by atoms with van der Waals surface area (Å²) in [4.78, 5) is 0.391. The van der Waals surface area contributed by atoms with Gasteiger partial charge in [-0.3, -0.25) is 5.10 Å². The van der Waals surface area contributed by atoms with Gasteiger partial charge in [-0.1, -0.05) is 17.7 Å². The molecule has 1 N–H and O–H groups in total. The average Bonchev–Trinajstić information content (AvgIpc) is 2.95. The van der Waals surface area contributed by atoms with Crippen LogP contribution >= 0.6 is 0 Å². The topological polar surface area (TPSA) is 66.1 Å². The van der Waals surface area contributed by atoms with Crippen molar-refractivity contribution in [2.24, 2.45) is 0 Å². The summed E-state index contributed by atoms with van der Waals surface area (Å²) in [5, 5.41) is 7.15. The van der Waals surface area contributed by atoms with E-state index in [0.717, 1.165) is 42.5 Å². The average molecular weight is 317 g/mol. The summed E-state index contributed by atoms with van der Waals surface area (Å²) in [6, 6.07) is 7.10. The lowest BCUT2D eigenvalue weighted by Crippen LogP contribution is -2.49. The molecule has 0 amide bonds. The Morgan fingerprint density at radius 2 is 2.00 bits per heavy atom. The minimum Gasteiger partial charge on any atom is -0.282 e. The van der Waals surface area contributed by atoms with Crippen molar-refractivity contribution in [2.75, 3.05) is 0 Å². The molecule has 1 aromatic heterocycles. The van der Waals surface area contributed by atoms with Crippen LogP contribution in [0.1, 0.15) is 42.1 Å². The Labute approximate surface area is 130 Å². The molecule has 0 saturated carbocycles. The largest absolute Gasteiger partial charge is 0.282 e. The molecule has 2 atom stereocenters. The molecule has 1 aromatic carbocycles. The number of fused-ring (bicyclic) bond motifs is 4. The molecule has 3 heterocycles. The second-order valence-electron chi connectivity index (χ2n) is 6.26. The van der Waals surface area contributed by atoms with E-state index in [4.69, 9.17) is 0 Å². The molecule has 1 fully saturated rings. The van der Waals surface area contributed by atoms with Crippen LogP contribution < -0.4 is 0 Å². The van der Waals surface area contributed by atoms with Crippen LogP contribution in [-0.4, -0.2) is 29.0 Å². The van der Waals surface area contributed by atoms with Crippen LogP contribution in [0.4, 0.5) is 0 Å². The van der Waals surface area contributed by atoms with Gasteiger partial charge in [-0.25, -0.2) is 8.42 Å². The van der Waals surface area contributed by atoms with E-state index in [2.05, 4.69) is 10.2 Å². The molecule has 2 aliphatic rings. The smallest absolute Gasteiger partial charge is 0.243 e. The van der Waals surface area contributed by atoms with Crippen molar-refractivity contribution in [1.82, 2.24) is 14.5 Å². The van der Waals surface area contributed by atoms with Gasteiger partial charge in [0.1, 0.15) is 0 Å². The van der Waals surface area contributed by atoms with Crippen molar-refractivity contribution in [3.63, 3.8) is 0 Å². The number of H-pyrrole nitrogens is 1. The van der Waals surface area contributed by atoms with E-state index in [-0.39, 0.29) is 12.1 Å². The van der Waals surface area contributed by atoms with Crippen molar-refractivity contribution >= 4 is 10.0 Å². The first-order chi connectivity index (χ1) is 10.6. The number of nitrogens with zero attached hydrogens (tertiary/aromatic N) is 2. The van der Waals surface area contributed by atoms with E-state index in [1.54, 1.807) is 22.6 Å². The first-order valence-electron chi connectivity index (χ1n) is 7.70. The maximum atomic E-state index is 13.1. The predicted octanol–water partition coefficient (Wildman–Crippen LogP) is 2.56. The number of aryl methyl sites for hydroxylation is 1.